The van der Waals surface area contributed by atoms with Crippen LogP contribution in [-0.2, 0) is 9.53 Å². The Morgan fingerprint density at radius 2 is 1.85 bits per heavy atom. The molecule has 6 nitrogen and oxygen atoms in total. The molecule has 136 valence electrons. The Kier molecular flexibility index (Phi) is 7.35. The second-order valence-electron chi connectivity index (χ2n) is 5.58. The summed E-state index contributed by atoms with van der Waals surface area (Å²) in [6, 6.07) is 14.0. The number of hydrogen-bond donors (Lipinski definition) is 1. The Labute approximate surface area is 160 Å². The summed E-state index contributed by atoms with van der Waals surface area (Å²) in [6.45, 7) is 3.41. The monoisotopic (exact) mass is 418 g/mol. The highest BCUT2D eigenvalue weighted by Gasteiger charge is 2.08. The lowest BCUT2D eigenvalue weighted by Crippen LogP contribution is -2.18. The molecule has 0 aliphatic rings. The van der Waals surface area contributed by atoms with Crippen molar-refractivity contribution < 1.29 is 19.1 Å². The first-order chi connectivity index (χ1) is 12.5. The van der Waals surface area contributed by atoms with E-state index in [1.165, 1.54) is 6.21 Å². The van der Waals surface area contributed by atoms with Crippen LogP contribution in [-0.4, -0.2) is 30.8 Å². The van der Waals surface area contributed by atoms with Crippen molar-refractivity contribution in [3.8, 4) is 5.75 Å². The normalized spacial score (nSPS) is 10.8. The summed E-state index contributed by atoms with van der Waals surface area (Å²) in [5, 5.41) is 3.94. The number of esters is 1. The lowest BCUT2D eigenvalue weighted by Gasteiger charge is -2.09. The first-order valence-corrected chi connectivity index (χ1v) is 8.75. The maximum atomic E-state index is 12.0. The van der Waals surface area contributed by atoms with Crippen LogP contribution < -0.4 is 10.2 Å². The maximum absolute atomic E-state index is 12.0. The zero-order valence-corrected chi connectivity index (χ0v) is 16.0. The number of amides is 1. The quantitative estimate of drug-likeness (QED) is 0.423. The smallest absolute Gasteiger partial charge is 0.344 e. The molecule has 2 aromatic carbocycles. The van der Waals surface area contributed by atoms with Crippen molar-refractivity contribution in [2.45, 2.75) is 20.0 Å². The summed E-state index contributed by atoms with van der Waals surface area (Å²) in [6.07, 6.45) is 1.35. The van der Waals surface area contributed by atoms with Crippen LogP contribution >= 0.6 is 15.9 Å². The number of carbonyl (C=O) groups is 2. The fourth-order valence-corrected chi connectivity index (χ4v) is 2.43. The standard InChI is InChI=1S/C19H19BrN2O4/c1-13(2)26-18(23)12-25-15-9-7-14(8-10-15)11-21-22-19(24)16-5-3-4-6-17(16)20/h3-11,13H,12H2,1-2H3,(H,22,24)/b21-11-. The van der Waals surface area contributed by atoms with Gasteiger partial charge in [0.1, 0.15) is 5.75 Å². The number of carbonyl (C=O) groups excluding carboxylic acids is 2. The highest BCUT2D eigenvalue weighted by atomic mass is 79.9. The van der Waals surface area contributed by atoms with Crippen LogP contribution in [0.25, 0.3) is 0 Å². The maximum Gasteiger partial charge on any atom is 0.344 e. The van der Waals surface area contributed by atoms with Gasteiger partial charge in [-0.2, -0.15) is 5.10 Å². The zero-order chi connectivity index (χ0) is 18.9. The third-order valence-corrected chi connectivity index (χ3v) is 3.79. The van der Waals surface area contributed by atoms with E-state index in [2.05, 4.69) is 26.5 Å². The molecule has 0 radical (unpaired) electrons. The lowest BCUT2D eigenvalue weighted by atomic mass is 10.2. The van der Waals surface area contributed by atoms with Crippen molar-refractivity contribution in [3.05, 3.63) is 64.1 Å². The Hall–Kier alpha value is -2.67. The molecule has 0 spiro atoms. The van der Waals surface area contributed by atoms with Gasteiger partial charge >= 0.3 is 5.97 Å². The number of hydrogen-bond acceptors (Lipinski definition) is 5. The van der Waals surface area contributed by atoms with Crippen molar-refractivity contribution in [1.82, 2.24) is 5.43 Å². The Morgan fingerprint density at radius 3 is 2.50 bits per heavy atom. The minimum atomic E-state index is -0.416. The van der Waals surface area contributed by atoms with Crippen molar-refractivity contribution >= 4 is 34.0 Å². The summed E-state index contributed by atoms with van der Waals surface area (Å²) in [5.41, 5.74) is 3.74. The van der Waals surface area contributed by atoms with E-state index in [0.29, 0.717) is 15.8 Å². The SMILES string of the molecule is CC(C)OC(=O)COc1ccc(/C=N\NC(=O)c2ccccc2Br)cc1. The van der Waals surface area contributed by atoms with Gasteiger partial charge in [0.2, 0.25) is 0 Å². The molecule has 0 aliphatic carbocycles. The van der Waals surface area contributed by atoms with Crippen LogP contribution in [0.15, 0.2) is 58.1 Å². The van der Waals surface area contributed by atoms with Gasteiger partial charge < -0.3 is 9.47 Å². The molecule has 0 fully saturated rings. The van der Waals surface area contributed by atoms with Crippen LogP contribution in [0.4, 0.5) is 0 Å². The largest absolute Gasteiger partial charge is 0.482 e. The Morgan fingerprint density at radius 1 is 1.15 bits per heavy atom. The summed E-state index contributed by atoms with van der Waals surface area (Å²) in [4.78, 5) is 23.4. The number of nitrogens with one attached hydrogen (secondary N) is 1. The zero-order valence-electron chi connectivity index (χ0n) is 14.4. The number of rotatable bonds is 7. The van der Waals surface area contributed by atoms with E-state index in [1.54, 1.807) is 56.3 Å². The van der Waals surface area contributed by atoms with Gasteiger partial charge in [-0.25, -0.2) is 10.2 Å². The highest BCUT2D eigenvalue weighted by molar-refractivity contribution is 9.10. The molecule has 1 N–H and O–H groups in total. The number of ether oxygens (including phenoxy) is 2. The molecule has 0 saturated carbocycles. The average molecular weight is 419 g/mol. The van der Waals surface area contributed by atoms with E-state index in [1.807, 2.05) is 6.07 Å². The molecule has 0 saturated heterocycles. The first kappa shape index (κ1) is 19.7. The molecule has 0 bridgehead atoms. The van der Waals surface area contributed by atoms with E-state index >= 15 is 0 Å². The van der Waals surface area contributed by atoms with Gasteiger partial charge in [-0.05, 0) is 71.7 Å². The van der Waals surface area contributed by atoms with Gasteiger partial charge in [0.15, 0.2) is 6.61 Å². The van der Waals surface area contributed by atoms with Crippen LogP contribution in [0, 0.1) is 0 Å². The van der Waals surface area contributed by atoms with Crippen molar-refractivity contribution in [3.63, 3.8) is 0 Å². The molecule has 0 unspecified atom stereocenters. The van der Waals surface area contributed by atoms with Gasteiger partial charge in [0, 0.05) is 4.47 Å². The molecule has 0 atom stereocenters. The molecule has 7 heteroatoms. The molecule has 0 aromatic heterocycles. The predicted molar refractivity (Wildman–Crippen MR) is 102 cm³/mol. The molecule has 26 heavy (non-hydrogen) atoms. The third kappa shape index (κ3) is 6.33. The van der Waals surface area contributed by atoms with Gasteiger partial charge in [0.25, 0.3) is 5.91 Å². The van der Waals surface area contributed by atoms with Crippen LogP contribution in [0.3, 0.4) is 0 Å². The topological polar surface area (TPSA) is 77.0 Å². The van der Waals surface area contributed by atoms with Gasteiger partial charge in [0.05, 0.1) is 17.9 Å². The fourth-order valence-electron chi connectivity index (χ4n) is 1.96. The average Bonchev–Trinajstić information content (AvgIpc) is 2.61. The highest BCUT2D eigenvalue weighted by Crippen LogP contribution is 2.15. The van der Waals surface area contributed by atoms with Crippen molar-refractivity contribution in [1.29, 1.82) is 0 Å². The van der Waals surface area contributed by atoms with E-state index in [4.69, 9.17) is 9.47 Å². The number of nitrogens with zero attached hydrogens (tertiary/aromatic N) is 1. The minimum absolute atomic E-state index is 0.145. The van der Waals surface area contributed by atoms with Crippen LogP contribution in [0.2, 0.25) is 0 Å². The molecule has 2 rings (SSSR count). The number of hydrazone groups is 1. The van der Waals surface area contributed by atoms with E-state index < -0.39 is 5.97 Å². The second kappa shape index (κ2) is 9.72. The molecule has 0 heterocycles. The van der Waals surface area contributed by atoms with Crippen molar-refractivity contribution in [2.75, 3.05) is 6.61 Å². The van der Waals surface area contributed by atoms with E-state index in [9.17, 15) is 9.59 Å². The van der Waals surface area contributed by atoms with E-state index in [0.717, 1.165) is 5.56 Å². The molecule has 0 aliphatic heterocycles. The van der Waals surface area contributed by atoms with E-state index in [-0.39, 0.29) is 18.6 Å². The van der Waals surface area contributed by atoms with Gasteiger partial charge in [-0.15, -0.1) is 0 Å². The predicted octanol–water partition coefficient (Wildman–Crippen LogP) is 3.54. The lowest BCUT2D eigenvalue weighted by molar-refractivity contribution is -0.149. The molecule has 1 amide bonds. The molecular weight excluding hydrogens is 400 g/mol. The fraction of sp³-hybridized carbons (Fsp3) is 0.211. The molecule has 2 aromatic rings. The summed E-state index contributed by atoms with van der Waals surface area (Å²) < 4.78 is 11.0. The van der Waals surface area contributed by atoms with Crippen LogP contribution in [0.5, 0.6) is 5.75 Å². The number of benzene rings is 2. The summed E-state index contributed by atoms with van der Waals surface area (Å²) in [5.74, 6) is -0.183. The van der Waals surface area contributed by atoms with Gasteiger partial charge in [-0.3, -0.25) is 4.79 Å². The number of halogens is 1. The van der Waals surface area contributed by atoms with Crippen molar-refractivity contribution in [2.24, 2.45) is 5.10 Å². The Bertz CT molecular complexity index is 788. The Balaban J connectivity index is 1.85. The first-order valence-electron chi connectivity index (χ1n) is 7.96. The minimum Gasteiger partial charge on any atom is -0.482 e. The van der Waals surface area contributed by atoms with Crippen LogP contribution in [0.1, 0.15) is 29.8 Å². The third-order valence-electron chi connectivity index (χ3n) is 3.10. The van der Waals surface area contributed by atoms with Gasteiger partial charge in [-0.1, -0.05) is 12.1 Å². The second-order valence-corrected chi connectivity index (χ2v) is 6.43. The molecular formula is C19H19BrN2O4. The summed E-state index contributed by atoms with van der Waals surface area (Å²) >= 11 is 3.32. The summed E-state index contributed by atoms with van der Waals surface area (Å²) in [7, 11) is 0.